The normalized spacial score (nSPS) is 22.8. The van der Waals surface area contributed by atoms with Crippen molar-refractivity contribution in [1.29, 1.82) is 0 Å². The number of nitrogens with one attached hydrogen (secondary N) is 1. The topological polar surface area (TPSA) is 78.9 Å². The molecule has 1 heterocycles. The summed E-state index contributed by atoms with van der Waals surface area (Å²) in [6, 6.07) is -0.360. The zero-order chi connectivity index (χ0) is 12.8. The van der Waals surface area contributed by atoms with Crippen molar-refractivity contribution >= 4 is 11.9 Å². The number of carbonyl (C=O) groups is 2. The van der Waals surface area contributed by atoms with E-state index in [9.17, 15) is 9.59 Å². The number of hydrogen-bond acceptors (Lipinski definition) is 4. The Morgan fingerprint density at radius 2 is 2.41 bits per heavy atom. The highest BCUT2D eigenvalue weighted by molar-refractivity contribution is 5.81. The van der Waals surface area contributed by atoms with Gasteiger partial charge in [0, 0.05) is 19.6 Å². The van der Waals surface area contributed by atoms with Crippen molar-refractivity contribution in [1.82, 2.24) is 10.2 Å². The first-order valence-corrected chi connectivity index (χ1v) is 5.53. The van der Waals surface area contributed by atoms with Gasteiger partial charge in [-0.3, -0.25) is 9.69 Å². The van der Waals surface area contributed by atoms with Crippen molar-refractivity contribution in [3.8, 4) is 0 Å². The lowest BCUT2D eigenvalue weighted by Crippen LogP contribution is -2.53. The molecule has 0 aromatic rings. The highest BCUT2D eigenvalue weighted by atomic mass is 16.5. The molecule has 0 bridgehead atoms. The van der Waals surface area contributed by atoms with Gasteiger partial charge in [0.2, 0.25) is 5.91 Å². The van der Waals surface area contributed by atoms with E-state index in [4.69, 9.17) is 9.84 Å². The summed E-state index contributed by atoms with van der Waals surface area (Å²) in [6.07, 6.45) is 0.752. The monoisotopic (exact) mass is 242 g/mol. The lowest BCUT2D eigenvalue weighted by atomic mass is 10.2. The summed E-state index contributed by atoms with van der Waals surface area (Å²) < 4.78 is 5.09. The Balaban J connectivity index is 2.50. The molecule has 1 fully saturated rings. The summed E-state index contributed by atoms with van der Waals surface area (Å²) in [5.41, 5.74) is 0. The van der Waals surface area contributed by atoms with E-state index in [1.165, 1.54) is 0 Å². The van der Waals surface area contributed by atoms with Gasteiger partial charge in [0.1, 0.15) is 0 Å². The van der Waals surface area contributed by atoms with Crippen LogP contribution >= 0.6 is 0 Å². The highest BCUT2D eigenvalue weighted by Crippen LogP contribution is 2.09. The summed E-state index contributed by atoms with van der Waals surface area (Å²) in [5, 5.41) is 11.5. The first kappa shape index (κ1) is 13.7. The molecule has 1 saturated heterocycles. The maximum Gasteiger partial charge on any atom is 0.334 e. The molecule has 0 aromatic carbocycles. The lowest BCUT2D eigenvalue weighted by molar-refractivity contribution is -0.158. The predicted molar refractivity (Wildman–Crippen MR) is 61.6 cm³/mol. The Morgan fingerprint density at radius 3 is 3.00 bits per heavy atom. The minimum absolute atomic E-state index is 0.129. The van der Waals surface area contributed by atoms with Gasteiger partial charge in [0.05, 0.1) is 12.6 Å². The second-order valence-corrected chi connectivity index (χ2v) is 3.90. The Kier molecular flexibility index (Phi) is 5.11. The molecule has 2 atom stereocenters. The van der Waals surface area contributed by atoms with Crippen LogP contribution in [0.2, 0.25) is 0 Å². The third-order valence-corrected chi connectivity index (χ3v) is 2.72. The molecular formula is C11H18N2O4. The molecule has 1 amide bonds. The summed E-state index contributed by atoms with van der Waals surface area (Å²) >= 11 is 0. The second kappa shape index (κ2) is 6.36. The third-order valence-electron chi connectivity index (χ3n) is 2.72. The van der Waals surface area contributed by atoms with Crippen LogP contribution in [0.25, 0.3) is 0 Å². The van der Waals surface area contributed by atoms with Crippen LogP contribution in [0.15, 0.2) is 12.7 Å². The zero-order valence-electron chi connectivity index (χ0n) is 9.89. The van der Waals surface area contributed by atoms with Gasteiger partial charge in [-0.05, 0) is 6.92 Å². The molecule has 0 saturated carbocycles. The molecule has 1 aliphatic heterocycles. The lowest BCUT2D eigenvalue weighted by Gasteiger charge is -2.34. The van der Waals surface area contributed by atoms with Crippen molar-refractivity contribution in [2.45, 2.75) is 19.1 Å². The summed E-state index contributed by atoms with van der Waals surface area (Å²) in [6.45, 7) is 6.80. The number of nitrogens with zero attached hydrogens (tertiary/aromatic N) is 1. The predicted octanol–water partition coefficient (Wildman–Crippen LogP) is -0.537. The van der Waals surface area contributed by atoms with E-state index in [2.05, 4.69) is 11.9 Å². The van der Waals surface area contributed by atoms with Crippen molar-refractivity contribution in [3.05, 3.63) is 12.7 Å². The number of rotatable bonds is 5. The molecule has 6 nitrogen and oxygen atoms in total. The summed E-state index contributed by atoms with van der Waals surface area (Å²) in [4.78, 5) is 24.3. The molecule has 0 aliphatic carbocycles. The van der Waals surface area contributed by atoms with Gasteiger partial charge in [0.15, 0.2) is 6.10 Å². The Labute approximate surface area is 100 Å². The molecule has 0 radical (unpaired) electrons. The number of amides is 1. The van der Waals surface area contributed by atoms with Crippen molar-refractivity contribution in [2.24, 2.45) is 0 Å². The molecular weight excluding hydrogens is 224 g/mol. The first-order valence-electron chi connectivity index (χ1n) is 5.53. The van der Waals surface area contributed by atoms with Crippen LogP contribution in [0.4, 0.5) is 0 Å². The number of hydrogen-bond donors (Lipinski definition) is 2. The standard InChI is InChI=1S/C11H18N2O4/c1-3-4-12-10(14)8(2)13-5-6-17-9(7-13)11(15)16/h3,8-9H,1,4-7H2,2H3,(H,12,14)(H,15,16). The Hall–Kier alpha value is -1.40. The van der Waals surface area contributed by atoms with Gasteiger partial charge in [0.25, 0.3) is 0 Å². The minimum Gasteiger partial charge on any atom is -0.479 e. The molecule has 0 aromatic heterocycles. The molecule has 96 valence electrons. The number of carbonyl (C=O) groups excluding carboxylic acids is 1. The maximum atomic E-state index is 11.7. The van der Waals surface area contributed by atoms with Gasteiger partial charge in [-0.25, -0.2) is 4.79 Å². The van der Waals surface area contributed by atoms with Crippen molar-refractivity contribution < 1.29 is 19.4 Å². The Bertz CT molecular complexity index is 306. The van der Waals surface area contributed by atoms with E-state index in [1.54, 1.807) is 17.9 Å². The first-order chi connectivity index (χ1) is 8.06. The zero-order valence-corrected chi connectivity index (χ0v) is 9.89. The van der Waals surface area contributed by atoms with Gasteiger partial charge in [-0.2, -0.15) is 0 Å². The van der Waals surface area contributed by atoms with E-state index < -0.39 is 12.1 Å². The quantitative estimate of drug-likeness (QED) is 0.633. The van der Waals surface area contributed by atoms with Crippen LogP contribution in [0.5, 0.6) is 0 Å². The average molecular weight is 242 g/mol. The third kappa shape index (κ3) is 3.83. The van der Waals surface area contributed by atoms with Gasteiger partial charge >= 0.3 is 5.97 Å². The summed E-state index contributed by atoms with van der Waals surface area (Å²) in [5.74, 6) is -1.12. The highest BCUT2D eigenvalue weighted by Gasteiger charge is 2.31. The number of aliphatic carboxylic acids is 1. The summed E-state index contributed by atoms with van der Waals surface area (Å²) in [7, 11) is 0. The minimum atomic E-state index is -0.992. The van der Waals surface area contributed by atoms with Crippen molar-refractivity contribution in [2.75, 3.05) is 26.2 Å². The number of morpholine rings is 1. The number of ether oxygens (including phenoxy) is 1. The van der Waals surface area contributed by atoms with Crippen molar-refractivity contribution in [3.63, 3.8) is 0 Å². The fourth-order valence-electron chi connectivity index (χ4n) is 1.66. The molecule has 2 N–H and O–H groups in total. The van der Waals surface area contributed by atoms with E-state index in [0.717, 1.165) is 0 Å². The largest absolute Gasteiger partial charge is 0.479 e. The van der Waals surface area contributed by atoms with E-state index in [-0.39, 0.29) is 18.5 Å². The Morgan fingerprint density at radius 1 is 1.71 bits per heavy atom. The maximum absolute atomic E-state index is 11.7. The van der Waals surface area contributed by atoms with E-state index in [1.807, 2.05) is 0 Å². The van der Waals surface area contributed by atoms with E-state index in [0.29, 0.717) is 19.7 Å². The van der Waals surface area contributed by atoms with Crippen LogP contribution < -0.4 is 5.32 Å². The molecule has 17 heavy (non-hydrogen) atoms. The van der Waals surface area contributed by atoms with Crippen LogP contribution in [-0.2, 0) is 14.3 Å². The van der Waals surface area contributed by atoms with Crippen LogP contribution in [-0.4, -0.2) is 60.3 Å². The SMILES string of the molecule is C=CCNC(=O)C(C)N1CCOC(C(=O)O)C1. The molecule has 1 aliphatic rings. The number of carboxylic acid groups (broad SMARTS) is 1. The smallest absolute Gasteiger partial charge is 0.334 e. The molecule has 1 rings (SSSR count). The van der Waals surface area contributed by atoms with Crippen LogP contribution in [0.1, 0.15) is 6.92 Å². The van der Waals surface area contributed by atoms with Gasteiger partial charge < -0.3 is 15.2 Å². The van der Waals surface area contributed by atoms with Crippen LogP contribution in [0, 0.1) is 0 Å². The average Bonchev–Trinajstić information content (AvgIpc) is 2.35. The van der Waals surface area contributed by atoms with Gasteiger partial charge in [-0.1, -0.05) is 6.08 Å². The fraction of sp³-hybridized carbons (Fsp3) is 0.636. The van der Waals surface area contributed by atoms with Crippen LogP contribution in [0.3, 0.4) is 0 Å². The second-order valence-electron chi connectivity index (χ2n) is 3.90. The molecule has 6 heteroatoms. The molecule has 0 spiro atoms. The number of carboxylic acids is 1. The van der Waals surface area contributed by atoms with Gasteiger partial charge in [-0.15, -0.1) is 6.58 Å². The van der Waals surface area contributed by atoms with E-state index >= 15 is 0 Å². The fourth-order valence-corrected chi connectivity index (χ4v) is 1.66. The molecule has 2 unspecified atom stereocenters.